The lowest BCUT2D eigenvalue weighted by Crippen LogP contribution is -2.41. The number of carbonyl (C=O) groups is 2. The third-order valence-electron chi connectivity index (χ3n) is 6.49. The van der Waals surface area contributed by atoms with Crippen molar-refractivity contribution in [3.05, 3.63) is 59.9 Å². The van der Waals surface area contributed by atoms with Crippen LogP contribution in [0.3, 0.4) is 0 Å². The third-order valence-corrected chi connectivity index (χ3v) is 6.49. The van der Waals surface area contributed by atoms with Crippen LogP contribution in [-0.2, 0) is 18.8 Å². The number of halogens is 1. The first-order valence-electron chi connectivity index (χ1n) is 11.0. The molecule has 2 aromatic carbocycles. The van der Waals surface area contributed by atoms with E-state index in [-0.39, 0.29) is 31.3 Å². The van der Waals surface area contributed by atoms with Crippen molar-refractivity contribution < 1.29 is 28.0 Å². The summed E-state index contributed by atoms with van der Waals surface area (Å²) in [5.74, 6) is -0.688. The van der Waals surface area contributed by atoms with Crippen molar-refractivity contribution >= 4 is 30.3 Å². The lowest BCUT2D eigenvalue weighted by atomic mass is 9.78. The molecule has 0 bridgehead atoms. The fraction of sp³-hybridized carbons (Fsp3) is 0.417. The predicted octanol–water partition coefficient (Wildman–Crippen LogP) is 3.65. The van der Waals surface area contributed by atoms with Gasteiger partial charge in [0.05, 0.1) is 30.2 Å². The number of cyclic esters (lactones) is 1. The van der Waals surface area contributed by atoms with E-state index >= 15 is 0 Å². The molecule has 2 saturated heterocycles. The van der Waals surface area contributed by atoms with E-state index in [0.29, 0.717) is 5.69 Å². The Hall–Kier alpha value is -2.91. The number of hydrogen-bond donors (Lipinski definition) is 1. The highest BCUT2D eigenvalue weighted by atomic mass is 19.1. The number of rotatable bonds is 6. The quantitative estimate of drug-likeness (QED) is 0.672. The number of anilines is 1. The van der Waals surface area contributed by atoms with Crippen LogP contribution >= 0.6 is 0 Å². The maximum Gasteiger partial charge on any atom is 0.494 e. The lowest BCUT2D eigenvalue weighted by molar-refractivity contribution is -0.128. The van der Waals surface area contributed by atoms with Gasteiger partial charge < -0.3 is 19.4 Å². The van der Waals surface area contributed by atoms with Crippen LogP contribution in [0, 0.1) is 5.82 Å². The molecule has 7 nitrogen and oxygen atoms in total. The van der Waals surface area contributed by atoms with Gasteiger partial charge >= 0.3 is 13.2 Å². The SMILES string of the molecule is CC1(C)OB(c2ccc([C@H](CC(=O)N3CCOC3=O)Nc3ccc(F)cc3)cc2)OC1(C)C. The molecule has 2 heterocycles. The molecule has 4 rings (SSSR count). The average Bonchev–Trinajstić information content (AvgIpc) is 3.28. The normalized spacial score (nSPS) is 20.0. The van der Waals surface area contributed by atoms with Gasteiger partial charge in [-0.1, -0.05) is 24.3 Å². The fourth-order valence-electron chi connectivity index (χ4n) is 3.77. The van der Waals surface area contributed by atoms with Crippen molar-refractivity contribution in [1.29, 1.82) is 0 Å². The number of amides is 2. The molecule has 2 aromatic rings. The van der Waals surface area contributed by atoms with Crippen LogP contribution < -0.4 is 10.8 Å². The molecular formula is C24H28BFN2O5. The Morgan fingerprint density at radius 1 is 1.06 bits per heavy atom. The zero-order valence-corrected chi connectivity index (χ0v) is 19.3. The Labute approximate surface area is 193 Å². The highest BCUT2D eigenvalue weighted by Gasteiger charge is 2.51. The molecule has 2 aliphatic heterocycles. The molecule has 2 fully saturated rings. The van der Waals surface area contributed by atoms with E-state index in [1.54, 1.807) is 12.1 Å². The summed E-state index contributed by atoms with van der Waals surface area (Å²) in [7, 11) is -0.492. The first kappa shape index (κ1) is 23.3. The van der Waals surface area contributed by atoms with Gasteiger partial charge in [0.15, 0.2) is 0 Å². The van der Waals surface area contributed by atoms with E-state index in [0.717, 1.165) is 15.9 Å². The first-order valence-corrected chi connectivity index (χ1v) is 11.0. The van der Waals surface area contributed by atoms with Crippen molar-refractivity contribution in [2.45, 2.75) is 51.4 Å². The van der Waals surface area contributed by atoms with Crippen LogP contribution in [0.4, 0.5) is 14.9 Å². The maximum absolute atomic E-state index is 13.3. The second-order valence-electron chi connectivity index (χ2n) is 9.32. The van der Waals surface area contributed by atoms with Gasteiger partial charge in [0.25, 0.3) is 0 Å². The van der Waals surface area contributed by atoms with Gasteiger partial charge in [-0.2, -0.15) is 0 Å². The maximum atomic E-state index is 13.3. The average molecular weight is 454 g/mol. The molecule has 0 aliphatic carbocycles. The summed E-state index contributed by atoms with van der Waals surface area (Å²) < 4.78 is 30.5. The van der Waals surface area contributed by atoms with Crippen molar-refractivity contribution in [3.8, 4) is 0 Å². The number of nitrogens with one attached hydrogen (secondary N) is 1. The minimum Gasteiger partial charge on any atom is -0.447 e. The third kappa shape index (κ3) is 4.89. The van der Waals surface area contributed by atoms with E-state index < -0.39 is 30.5 Å². The smallest absolute Gasteiger partial charge is 0.447 e. The summed E-state index contributed by atoms with van der Waals surface area (Å²) >= 11 is 0. The van der Waals surface area contributed by atoms with Crippen LogP contribution in [0.1, 0.15) is 45.7 Å². The van der Waals surface area contributed by atoms with Crippen molar-refractivity contribution in [3.63, 3.8) is 0 Å². The van der Waals surface area contributed by atoms with E-state index in [4.69, 9.17) is 14.0 Å². The molecule has 1 N–H and O–H groups in total. The predicted molar refractivity (Wildman–Crippen MR) is 123 cm³/mol. The van der Waals surface area contributed by atoms with Crippen LogP contribution in [-0.4, -0.2) is 48.4 Å². The van der Waals surface area contributed by atoms with E-state index in [1.807, 2.05) is 52.0 Å². The van der Waals surface area contributed by atoms with Crippen molar-refractivity contribution in [2.24, 2.45) is 0 Å². The van der Waals surface area contributed by atoms with Crippen molar-refractivity contribution in [2.75, 3.05) is 18.5 Å². The number of imide groups is 1. The monoisotopic (exact) mass is 454 g/mol. The molecule has 0 aromatic heterocycles. The lowest BCUT2D eigenvalue weighted by Gasteiger charge is -2.32. The Balaban J connectivity index is 1.55. The fourth-order valence-corrected chi connectivity index (χ4v) is 3.77. The summed E-state index contributed by atoms with van der Waals surface area (Å²) in [6.07, 6.45) is -0.598. The molecule has 2 amide bonds. The van der Waals surface area contributed by atoms with Gasteiger partial charge in [-0.05, 0) is 63.0 Å². The summed E-state index contributed by atoms with van der Waals surface area (Å²) in [6, 6.07) is 13.1. The summed E-state index contributed by atoms with van der Waals surface area (Å²) in [4.78, 5) is 25.7. The Morgan fingerprint density at radius 3 is 2.21 bits per heavy atom. The van der Waals surface area contributed by atoms with Gasteiger partial charge in [0.2, 0.25) is 5.91 Å². The summed E-state index contributed by atoms with van der Waals surface area (Å²) in [5.41, 5.74) is 1.47. The van der Waals surface area contributed by atoms with Crippen LogP contribution in [0.15, 0.2) is 48.5 Å². The number of benzene rings is 2. The highest BCUT2D eigenvalue weighted by molar-refractivity contribution is 6.62. The largest absolute Gasteiger partial charge is 0.494 e. The number of ether oxygens (including phenoxy) is 1. The molecule has 174 valence electrons. The van der Waals surface area contributed by atoms with E-state index in [2.05, 4.69) is 5.32 Å². The van der Waals surface area contributed by atoms with Crippen LogP contribution in [0.25, 0.3) is 0 Å². The molecule has 33 heavy (non-hydrogen) atoms. The highest BCUT2D eigenvalue weighted by Crippen LogP contribution is 2.36. The van der Waals surface area contributed by atoms with Gasteiger partial charge in [0.1, 0.15) is 12.4 Å². The van der Waals surface area contributed by atoms with Gasteiger partial charge in [-0.25, -0.2) is 14.1 Å². The molecule has 1 atom stereocenters. The van der Waals surface area contributed by atoms with E-state index in [1.165, 1.54) is 12.1 Å². The topological polar surface area (TPSA) is 77.1 Å². The zero-order chi connectivity index (χ0) is 23.8. The minimum absolute atomic E-state index is 0.0301. The second-order valence-corrected chi connectivity index (χ2v) is 9.32. The Kier molecular flexibility index (Phi) is 6.20. The van der Waals surface area contributed by atoms with Gasteiger partial charge in [-0.15, -0.1) is 0 Å². The number of carbonyl (C=O) groups excluding carboxylic acids is 2. The molecule has 0 spiro atoms. The summed E-state index contributed by atoms with van der Waals surface area (Å²) in [6.45, 7) is 8.43. The van der Waals surface area contributed by atoms with E-state index in [9.17, 15) is 14.0 Å². The Bertz CT molecular complexity index is 1010. The first-order chi connectivity index (χ1) is 15.6. The molecule has 9 heteroatoms. The van der Waals surface area contributed by atoms with Crippen LogP contribution in [0.5, 0.6) is 0 Å². The standard InChI is InChI=1S/C24H28BFN2O5/c1-23(2)24(3,4)33-25(32-23)17-7-5-16(6-8-17)20(27-19-11-9-18(26)10-12-19)15-21(29)28-13-14-31-22(28)30/h5-12,20,27H,13-15H2,1-4H3/t20-/m0/s1. The van der Waals surface area contributed by atoms with Gasteiger partial charge in [0, 0.05) is 5.69 Å². The molecule has 0 unspecified atom stereocenters. The zero-order valence-electron chi connectivity index (χ0n) is 19.3. The minimum atomic E-state index is -0.628. The molecule has 0 saturated carbocycles. The number of nitrogens with zero attached hydrogens (tertiary/aromatic N) is 1. The van der Waals surface area contributed by atoms with Crippen LogP contribution in [0.2, 0.25) is 0 Å². The molecule has 0 radical (unpaired) electrons. The summed E-state index contributed by atoms with van der Waals surface area (Å²) in [5, 5.41) is 3.28. The Morgan fingerprint density at radius 2 is 1.67 bits per heavy atom. The molecule has 2 aliphatic rings. The molecular weight excluding hydrogens is 426 g/mol. The number of hydrogen-bond acceptors (Lipinski definition) is 6. The van der Waals surface area contributed by atoms with Gasteiger partial charge in [-0.3, -0.25) is 4.79 Å². The second kappa shape index (κ2) is 8.80. The van der Waals surface area contributed by atoms with Crippen molar-refractivity contribution in [1.82, 2.24) is 4.90 Å².